The number of ether oxygens (including phenoxy) is 2. The molecule has 1 fully saturated rings. The molecule has 34 heavy (non-hydrogen) atoms. The summed E-state index contributed by atoms with van der Waals surface area (Å²) in [5.41, 5.74) is 5.95. The molecule has 19 nitrogen and oxygen atoms in total. The Morgan fingerprint density at radius 2 is 1.76 bits per heavy atom. The smallest absolute Gasteiger partial charge is 0.465 e. The van der Waals surface area contributed by atoms with Crippen molar-refractivity contribution >= 4 is 40.4 Å². The largest absolute Gasteiger partial charge is 0.490 e. The maximum atomic E-state index is 11.9. The minimum atomic E-state index is -5.73. The maximum Gasteiger partial charge on any atom is 0.490 e. The fourth-order valence-corrected chi connectivity index (χ4v) is 5.95. The van der Waals surface area contributed by atoms with E-state index in [0.717, 1.165) is 10.9 Å². The summed E-state index contributed by atoms with van der Waals surface area (Å²) in [6, 6.07) is -0.102. The second-order valence-corrected chi connectivity index (χ2v) is 11.0. The second kappa shape index (κ2) is 9.83. The first-order chi connectivity index (χ1) is 15.6. The Hall–Kier alpha value is -1.56. The minimum absolute atomic E-state index is 0.0121. The highest BCUT2D eigenvalue weighted by molar-refractivity contribution is 7.66. The highest BCUT2D eigenvalue weighted by Crippen LogP contribution is 2.66. The van der Waals surface area contributed by atoms with E-state index < -0.39 is 54.6 Å². The van der Waals surface area contributed by atoms with E-state index in [1.54, 1.807) is 6.92 Å². The molecule has 1 saturated heterocycles. The van der Waals surface area contributed by atoms with Gasteiger partial charge in [-0.15, -0.1) is 0 Å². The van der Waals surface area contributed by atoms with Crippen LogP contribution in [0.2, 0.25) is 0 Å². The molecule has 0 radical (unpaired) electrons. The first kappa shape index (κ1) is 27.0. The average molecular weight is 551 g/mol. The molecule has 0 spiro atoms. The molecule has 1 aliphatic heterocycles. The SMILES string of the molecule is CCOc1nc2c(N)ncnc2n1[C@@H]1O[C@H](COP(=O)(O)OP(=O)(O)OP(=O)(O)O)[C@@H](O)[C@H]1O. The molecule has 8 N–H and O–H groups in total. The Kier molecular flexibility index (Phi) is 7.82. The van der Waals surface area contributed by atoms with E-state index in [-0.39, 0.29) is 29.6 Å². The molecule has 0 aliphatic carbocycles. The molecule has 22 heteroatoms. The average Bonchev–Trinajstić information content (AvgIpc) is 3.16. The molecule has 3 heterocycles. The predicted octanol–water partition coefficient (Wildman–Crippen LogP) is -1.23. The van der Waals surface area contributed by atoms with Crippen molar-refractivity contribution in [2.24, 2.45) is 0 Å². The number of nitrogens with zero attached hydrogens (tertiary/aromatic N) is 4. The molecule has 0 aromatic carbocycles. The number of aliphatic hydroxyl groups is 2. The van der Waals surface area contributed by atoms with Crippen LogP contribution in [-0.4, -0.2) is 80.8 Å². The number of nitrogens with two attached hydrogens (primary N) is 1. The number of rotatable bonds is 10. The standard InChI is InChI=1S/C12H20N5O14P3/c1-2-27-12-16-6-9(13)14-4-15-10(6)17(12)11-8(19)7(18)5(29-11)3-28-33(23,24)31-34(25,26)30-32(20,21)22/h4-5,7-8,11,18-19H,2-3H2,1H3,(H,23,24)(H,25,26)(H2,13,14,15)(H2,20,21,22)/t5-,7-,8-,11-/m1/s1. The maximum absolute atomic E-state index is 11.9. The lowest BCUT2D eigenvalue weighted by Gasteiger charge is -2.19. The van der Waals surface area contributed by atoms with E-state index in [4.69, 9.17) is 25.0 Å². The lowest BCUT2D eigenvalue weighted by Crippen LogP contribution is -2.33. The van der Waals surface area contributed by atoms with Gasteiger partial charge in [-0.1, -0.05) is 0 Å². The first-order valence-electron chi connectivity index (χ1n) is 9.05. The third-order valence-electron chi connectivity index (χ3n) is 4.16. The van der Waals surface area contributed by atoms with Crippen molar-refractivity contribution in [3.63, 3.8) is 0 Å². The number of phosphoric acid groups is 3. The summed E-state index contributed by atoms with van der Waals surface area (Å²) in [7, 11) is -16.8. The van der Waals surface area contributed by atoms with Gasteiger partial charge in [0.15, 0.2) is 23.2 Å². The van der Waals surface area contributed by atoms with Crippen molar-refractivity contribution in [3.8, 4) is 6.01 Å². The number of imidazole rings is 1. The van der Waals surface area contributed by atoms with Gasteiger partial charge in [-0.3, -0.25) is 4.52 Å². The van der Waals surface area contributed by atoms with Crippen molar-refractivity contribution in [2.45, 2.75) is 31.5 Å². The fourth-order valence-electron chi connectivity index (χ4n) is 2.92. The normalized spacial score (nSPS) is 26.9. The molecule has 0 bridgehead atoms. The van der Waals surface area contributed by atoms with Crippen LogP contribution in [0.5, 0.6) is 6.01 Å². The molecule has 6 atom stereocenters. The van der Waals surface area contributed by atoms with E-state index in [1.807, 2.05) is 0 Å². The zero-order chi connectivity index (χ0) is 25.5. The molecule has 2 unspecified atom stereocenters. The Morgan fingerprint density at radius 1 is 1.09 bits per heavy atom. The van der Waals surface area contributed by atoms with Crippen LogP contribution < -0.4 is 10.5 Å². The molecule has 1 aliphatic rings. The topological polar surface area (TPSA) is 288 Å². The monoisotopic (exact) mass is 551 g/mol. The zero-order valence-electron chi connectivity index (χ0n) is 17.0. The van der Waals surface area contributed by atoms with Crippen LogP contribution in [0.15, 0.2) is 6.33 Å². The van der Waals surface area contributed by atoms with Crippen LogP contribution in [0.4, 0.5) is 5.82 Å². The van der Waals surface area contributed by atoms with E-state index in [2.05, 4.69) is 28.1 Å². The molecule has 0 amide bonds. The fraction of sp³-hybridized carbons (Fsp3) is 0.583. The van der Waals surface area contributed by atoms with Gasteiger partial charge < -0.3 is 45.0 Å². The summed E-state index contributed by atoms with van der Waals surface area (Å²) >= 11 is 0. The highest BCUT2D eigenvalue weighted by atomic mass is 31.3. The van der Waals surface area contributed by atoms with Crippen molar-refractivity contribution in [1.29, 1.82) is 0 Å². The van der Waals surface area contributed by atoms with E-state index in [9.17, 15) is 33.7 Å². The Morgan fingerprint density at radius 3 is 2.38 bits per heavy atom. The van der Waals surface area contributed by atoms with Gasteiger partial charge in [-0.05, 0) is 6.92 Å². The van der Waals surface area contributed by atoms with Crippen LogP contribution in [0.1, 0.15) is 13.2 Å². The number of fused-ring (bicyclic) bond motifs is 1. The lowest BCUT2D eigenvalue weighted by atomic mass is 10.1. The van der Waals surface area contributed by atoms with Crippen molar-refractivity contribution in [1.82, 2.24) is 19.5 Å². The number of aromatic nitrogens is 4. The second-order valence-electron chi connectivity index (χ2n) is 6.56. The van der Waals surface area contributed by atoms with Gasteiger partial charge in [-0.2, -0.15) is 13.6 Å². The highest BCUT2D eigenvalue weighted by Gasteiger charge is 2.47. The third kappa shape index (κ3) is 6.16. The molecule has 2 aromatic heterocycles. The summed E-state index contributed by atoms with van der Waals surface area (Å²) < 4.78 is 57.7. The van der Waals surface area contributed by atoms with Gasteiger partial charge in [0.25, 0.3) is 0 Å². The summed E-state index contributed by atoms with van der Waals surface area (Å²) in [4.78, 5) is 47.8. The van der Waals surface area contributed by atoms with E-state index in [0.29, 0.717) is 0 Å². The van der Waals surface area contributed by atoms with Gasteiger partial charge >= 0.3 is 29.5 Å². The molecular weight excluding hydrogens is 531 g/mol. The molecular formula is C12H20N5O14P3. The number of hydrogen-bond donors (Lipinski definition) is 7. The summed E-state index contributed by atoms with van der Waals surface area (Å²) in [6.45, 7) is 0.786. The van der Waals surface area contributed by atoms with Crippen LogP contribution in [0.25, 0.3) is 11.2 Å². The Labute approximate surface area is 189 Å². The van der Waals surface area contributed by atoms with Gasteiger partial charge in [0.1, 0.15) is 24.6 Å². The van der Waals surface area contributed by atoms with Gasteiger partial charge in [0.2, 0.25) is 0 Å². The summed E-state index contributed by atoms with van der Waals surface area (Å²) in [5.74, 6) is -0.0121. The molecule has 3 rings (SSSR count). The van der Waals surface area contributed by atoms with Crippen molar-refractivity contribution in [2.75, 3.05) is 18.9 Å². The van der Waals surface area contributed by atoms with Crippen molar-refractivity contribution < 1.29 is 66.1 Å². The van der Waals surface area contributed by atoms with Gasteiger partial charge in [0, 0.05) is 0 Å². The number of aliphatic hydroxyl groups excluding tert-OH is 2. The lowest BCUT2D eigenvalue weighted by molar-refractivity contribution is -0.0534. The number of nitrogen functional groups attached to an aromatic ring is 1. The minimum Gasteiger partial charge on any atom is -0.465 e. The Balaban J connectivity index is 1.78. The summed E-state index contributed by atoms with van der Waals surface area (Å²) in [5, 5.41) is 20.8. The van der Waals surface area contributed by atoms with E-state index >= 15 is 0 Å². The quantitative estimate of drug-likeness (QED) is 0.170. The zero-order valence-corrected chi connectivity index (χ0v) is 19.6. The number of anilines is 1. The number of hydrogen-bond acceptors (Lipinski definition) is 14. The van der Waals surface area contributed by atoms with Gasteiger partial charge in [0.05, 0.1) is 13.2 Å². The van der Waals surface area contributed by atoms with Gasteiger partial charge in [-0.25, -0.2) is 28.2 Å². The Bertz CT molecular complexity index is 1190. The van der Waals surface area contributed by atoms with Crippen LogP contribution in [-0.2, 0) is 31.6 Å². The van der Waals surface area contributed by atoms with Crippen LogP contribution >= 0.6 is 23.5 Å². The molecule has 192 valence electrons. The third-order valence-corrected chi connectivity index (χ3v) is 7.96. The predicted molar refractivity (Wildman–Crippen MR) is 107 cm³/mol. The van der Waals surface area contributed by atoms with Crippen molar-refractivity contribution in [3.05, 3.63) is 6.33 Å². The van der Waals surface area contributed by atoms with E-state index in [1.165, 1.54) is 0 Å². The summed E-state index contributed by atoms with van der Waals surface area (Å²) in [6.07, 6.45) is -5.23. The number of phosphoric ester groups is 1. The van der Waals surface area contributed by atoms with Crippen LogP contribution in [0.3, 0.4) is 0 Å². The molecule has 2 aromatic rings. The molecule has 0 saturated carbocycles. The van der Waals surface area contributed by atoms with Crippen LogP contribution in [0, 0.1) is 0 Å². The first-order valence-corrected chi connectivity index (χ1v) is 13.6.